The van der Waals surface area contributed by atoms with Gasteiger partial charge in [0.15, 0.2) is 0 Å². The lowest BCUT2D eigenvalue weighted by Crippen LogP contribution is -2.31. The average Bonchev–Trinajstić information content (AvgIpc) is 2.38. The number of halogens is 2. The molecule has 0 saturated heterocycles. The van der Waals surface area contributed by atoms with Gasteiger partial charge in [0.1, 0.15) is 0 Å². The topological polar surface area (TPSA) is 63.4 Å². The van der Waals surface area contributed by atoms with Crippen LogP contribution in [-0.4, -0.2) is 22.7 Å². The molecule has 0 heterocycles. The molecular weight excluding hydrogens is 289 g/mol. The molecule has 0 radical (unpaired) electrons. The fourth-order valence-electron chi connectivity index (χ4n) is 2.43. The molecule has 0 spiro atoms. The van der Waals surface area contributed by atoms with Gasteiger partial charge in [-0.25, -0.2) is 0 Å². The predicted molar refractivity (Wildman–Crippen MR) is 74.4 cm³/mol. The molecule has 1 aliphatic carbocycles. The number of allylic oxidation sites excluding steroid dienone is 1. The van der Waals surface area contributed by atoms with E-state index in [0.29, 0.717) is 22.0 Å². The number of nitrogens with zero attached hydrogens (tertiary/aromatic N) is 1. The summed E-state index contributed by atoms with van der Waals surface area (Å²) in [7, 11) is 0. The van der Waals surface area contributed by atoms with Crippen molar-refractivity contribution in [1.29, 1.82) is 0 Å². The zero-order valence-electron chi connectivity index (χ0n) is 10.1. The van der Waals surface area contributed by atoms with E-state index in [1.807, 2.05) is 6.08 Å². The third-order valence-electron chi connectivity index (χ3n) is 3.43. The van der Waals surface area contributed by atoms with Gasteiger partial charge < -0.3 is 5.11 Å². The SMILES string of the molecule is O=[N+]([O-])C1CC(CO)=CCC1c1ccc(Cl)cc1Cl. The summed E-state index contributed by atoms with van der Waals surface area (Å²) < 4.78 is 0. The molecule has 1 aliphatic rings. The molecule has 102 valence electrons. The number of aliphatic hydroxyl groups is 1. The largest absolute Gasteiger partial charge is 0.392 e. The second-order valence-corrected chi connectivity index (χ2v) is 5.43. The van der Waals surface area contributed by atoms with Crippen molar-refractivity contribution in [2.24, 2.45) is 0 Å². The van der Waals surface area contributed by atoms with Crippen LogP contribution in [0.3, 0.4) is 0 Å². The molecule has 6 heteroatoms. The molecule has 2 atom stereocenters. The second-order valence-electron chi connectivity index (χ2n) is 4.59. The minimum absolute atomic E-state index is 0.134. The second kappa shape index (κ2) is 5.90. The molecule has 4 nitrogen and oxygen atoms in total. The predicted octanol–water partition coefficient (Wildman–Crippen LogP) is 3.43. The minimum atomic E-state index is -0.758. The van der Waals surface area contributed by atoms with E-state index in [1.54, 1.807) is 18.2 Å². The number of aliphatic hydroxyl groups excluding tert-OH is 1. The molecular formula is C13H13Cl2NO3. The van der Waals surface area contributed by atoms with Gasteiger partial charge in [-0.1, -0.05) is 35.3 Å². The van der Waals surface area contributed by atoms with Crippen LogP contribution >= 0.6 is 23.2 Å². The van der Waals surface area contributed by atoms with Gasteiger partial charge in [0.2, 0.25) is 6.04 Å². The first-order chi connectivity index (χ1) is 9.02. The van der Waals surface area contributed by atoms with Crippen LogP contribution in [0.25, 0.3) is 0 Å². The Hall–Kier alpha value is -1.10. The Morgan fingerprint density at radius 1 is 1.42 bits per heavy atom. The van der Waals surface area contributed by atoms with E-state index in [9.17, 15) is 10.1 Å². The van der Waals surface area contributed by atoms with Crippen molar-refractivity contribution >= 4 is 23.2 Å². The molecule has 1 N–H and O–H groups in total. The highest BCUT2D eigenvalue weighted by Gasteiger charge is 2.36. The maximum Gasteiger partial charge on any atom is 0.224 e. The normalized spacial score (nSPS) is 23.0. The van der Waals surface area contributed by atoms with Crippen molar-refractivity contribution in [3.63, 3.8) is 0 Å². The van der Waals surface area contributed by atoms with Crippen molar-refractivity contribution in [3.8, 4) is 0 Å². The van der Waals surface area contributed by atoms with Crippen LogP contribution in [0, 0.1) is 10.1 Å². The van der Waals surface area contributed by atoms with Gasteiger partial charge in [-0.2, -0.15) is 0 Å². The van der Waals surface area contributed by atoms with E-state index in [1.165, 1.54) is 0 Å². The molecule has 0 fully saturated rings. The van der Waals surface area contributed by atoms with E-state index >= 15 is 0 Å². The summed E-state index contributed by atoms with van der Waals surface area (Å²) in [5, 5.41) is 21.3. The van der Waals surface area contributed by atoms with Crippen molar-refractivity contribution in [2.75, 3.05) is 6.61 Å². The summed E-state index contributed by atoms with van der Waals surface area (Å²) in [6, 6.07) is 4.26. The minimum Gasteiger partial charge on any atom is -0.392 e. The standard InChI is InChI=1S/C13H13Cl2NO3/c14-9-2-4-10(12(15)6-9)11-3-1-8(7-17)5-13(11)16(18)19/h1-2,4,6,11,13,17H,3,5,7H2. The van der Waals surface area contributed by atoms with E-state index < -0.39 is 6.04 Å². The van der Waals surface area contributed by atoms with E-state index in [0.717, 1.165) is 5.56 Å². The van der Waals surface area contributed by atoms with Gasteiger partial charge in [0, 0.05) is 21.4 Å². The number of benzene rings is 1. The molecule has 0 aliphatic heterocycles. The third-order valence-corrected chi connectivity index (χ3v) is 3.99. The number of nitro groups is 1. The highest BCUT2D eigenvalue weighted by Crippen LogP contribution is 2.38. The Bertz CT molecular complexity index is 531. The van der Waals surface area contributed by atoms with Gasteiger partial charge in [-0.05, 0) is 29.7 Å². The molecule has 0 amide bonds. The van der Waals surface area contributed by atoms with Crippen LogP contribution in [0.2, 0.25) is 10.0 Å². The first-order valence-corrected chi connectivity index (χ1v) is 6.65. The van der Waals surface area contributed by atoms with E-state index in [2.05, 4.69) is 0 Å². The maximum atomic E-state index is 11.2. The summed E-state index contributed by atoms with van der Waals surface area (Å²) in [6.45, 7) is -0.134. The molecule has 2 unspecified atom stereocenters. The van der Waals surface area contributed by atoms with Crippen LogP contribution in [0.5, 0.6) is 0 Å². The smallest absolute Gasteiger partial charge is 0.224 e. The third kappa shape index (κ3) is 3.08. The lowest BCUT2D eigenvalue weighted by Gasteiger charge is -2.26. The van der Waals surface area contributed by atoms with Crippen LogP contribution < -0.4 is 0 Å². The quantitative estimate of drug-likeness (QED) is 0.528. The summed E-state index contributed by atoms with van der Waals surface area (Å²) in [4.78, 5) is 10.9. The van der Waals surface area contributed by atoms with Gasteiger partial charge >= 0.3 is 0 Å². The van der Waals surface area contributed by atoms with Crippen molar-refractivity contribution in [3.05, 3.63) is 55.6 Å². The van der Waals surface area contributed by atoms with Gasteiger partial charge in [-0.3, -0.25) is 10.1 Å². The monoisotopic (exact) mass is 301 g/mol. The molecule has 0 aromatic heterocycles. The molecule has 0 bridgehead atoms. The van der Waals surface area contributed by atoms with Gasteiger partial charge in [0.25, 0.3) is 0 Å². The highest BCUT2D eigenvalue weighted by molar-refractivity contribution is 6.35. The Labute approximate surface area is 120 Å². The molecule has 19 heavy (non-hydrogen) atoms. The number of hydrogen-bond acceptors (Lipinski definition) is 3. The summed E-state index contributed by atoms with van der Waals surface area (Å²) in [6.07, 6.45) is 2.62. The van der Waals surface area contributed by atoms with Gasteiger partial charge in [0.05, 0.1) is 12.5 Å². The van der Waals surface area contributed by atoms with Gasteiger partial charge in [-0.15, -0.1) is 0 Å². The zero-order chi connectivity index (χ0) is 14.0. The molecule has 0 saturated carbocycles. The fourth-order valence-corrected chi connectivity index (χ4v) is 2.98. The number of rotatable bonds is 3. The lowest BCUT2D eigenvalue weighted by atomic mass is 9.81. The first kappa shape index (κ1) is 14.3. The lowest BCUT2D eigenvalue weighted by molar-refractivity contribution is -0.527. The Balaban J connectivity index is 2.36. The molecule has 2 rings (SSSR count). The van der Waals surface area contributed by atoms with Crippen molar-refractivity contribution < 1.29 is 10.0 Å². The maximum absolute atomic E-state index is 11.2. The molecule has 1 aromatic rings. The number of hydrogen-bond donors (Lipinski definition) is 1. The zero-order valence-corrected chi connectivity index (χ0v) is 11.6. The van der Waals surface area contributed by atoms with Crippen LogP contribution in [0.4, 0.5) is 0 Å². The molecule has 1 aromatic carbocycles. The van der Waals surface area contributed by atoms with Crippen LogP contribution in [-0.2, 0) is 0 Å². The Morgan fingerprint density at radius 2 is 2.16 bits per heavy atom. The van der Waals surface area contributed by atoms with E-state index in [4.69, 9.17) is 28.3 Å². The van der Waals surface area contributed by atoms with Crippen molar-refractivity contribution in [2.45, 2.75) is 24.8 Å². The average molecular weight is 302 g/mol. The summed E-state index contributed by atoms with van der Waals surface area (Å²) >= 11 is 12.0. The van der Waals surface area contributed by atoms with Crippen LogP contribution in [0.1, 0.15) is 24.3 Å². The fraction of sp³-hybridized carbons (Fsp3) is 0.385. The first-order valence-electron chi connectivity index (χ1n) is 5.90. The highest BCUT2D eigenvalue weighted by atomic mass is 35.5. The Morgan fingerprint density at radius 3 is 2.74 bits per heavy atom. The Kier molecular flexibility index (Phi) is 4.45. The summed E-state index contributed by atoms with van der Waals surface area (Å²) in [5.74, 6) is -0.282. The van der Waals surface area contributed by atoms with Crippen molar-refractivity contribution in [1.82, 2.24) is 0 Å². The van der Waals surface area contributed by atoms with E-state index in [-0.39, 0.29) is 23.9 Å². The van der Waals surface area contributed by atoms with Crippen LogP contribution in [0.15, 0.2) is 29.8 Å². The summed E-state index contributed by atoms with van der Waals surface area (Å²) in [5.41, 5.74) is 1.45.